The van der Waals surface area contributed by atoms with Crippen molar-refractivity contribution in [3.63, 3.8) is 0 Å². The fourth-order valence-corrected chi connectivity index (χ4v) is 5.79. The Morgan fingerprint density at radius 3 is 2.38 bits per heavy atom. The van der Waals surface area contributed by atoms with Crippen LogP contribution in [0.2, 0.25) is 5.02 Å². The van der Waals surface area contributed by atoms with Crippen molar-refractivity contribution in [3.8, 4) is 17.2 Å². The average molecular weight is 625 g/mol. The quantitative estimate of drug-likeness (QED) is 0.211. The summed E-state index contributed by atoms with van der Waals surface area (Å²) in [4.78, 5) is 26.5. The number of thioether (sulfide) groups is 1. The number of hydrogen-bond donors (Lipinski definition) is 0. The summed E-state index contributed by atoms with van der Waals surface area (Å²) in [5.41, 5.74) is 0.568. The minimum Gasteiger partial charge on any atom is -0.493 e. The fraction of sp³-hybridized carbons (Fsp3) is 0.120. The molecule has 1 heterocycles. The highest BCUT2D eigenvalue weighted by molar-refractivity contribution is 9.10. The maximum atomic E-state index is 12.8. The van der Waals surface area contributed by atoms with Crippen LogP contribution < -0.4 is 13.7 Å². The first-order valence-electron chi connectivity index (χ1n) is 10.7. The minimum atomic E-state index is -4.08. The molecule has 0 bridgehead atoms. The number of benzene rings is 3. The lowest BCUT2D eigenvalue weighted by molar-refractivity contribution is -0.123. The number of imide groups is 1. The van der Waals surface area contributed by atoms with Crippen molar-refractivity contribution >= 4 is 66.6 Å². The van der Waals surface area contributed by atoms with Crippen LogP contribution in [0.5, 0.6) is 17.2 Å². The molecule has 0 spiro atoms. The molecule has 0 N–H and O–H groups in total. The van der Waals surface area contributed by atoms with Gasteiger partial charge in [0, 0.05) is 5.02 Å². The van der Waals surface area contributed by atoms with Crippen molar-refractivity contribution in [3.05, 3.63) is 86.7 Å². The van der Waals surface area contributed by atoms with Crippen LogP contribution in [-0.4, -0.2) is 44.7 Å². The zero-order valence-electron chi connectivity index (χ0n) is 19.2. The molecule has 3 aromatic rings. The number of methoxy groups -OCH3 is 1. The zero-order valence-corrected chi connectivity index (χ0v) is 23.2. The number of amides is 2. The van der Waals surface area contributed by atoms with Gasteiger partial charge in [-0.05, 0) is 87.9 Å². The highest BCUT2D eigenvalue weighted by Gasteiger charge is 2.35. The number of carbonyl (C=O) groups is 2. The summed E-state index contributed by atoms with van der Waals surface area (Å²) >= 11 is 9.93. The van der Waals surface area contributed by atoms with E-state index in [0.717, 1.165) is 16.7 Å². The maximum absolute atomic E-state index is 12.8. The van der Waals surface area contributed by atoms with Crippen LogP contribution in [0.25, 0.3) is 6.08 Å². The van der Waals surface area contributed by atoms with Gasteiger partial charge in [-0.15, -0.1) is 0 Å². The second-order valence-electron chi connectivity index (χ2n) is 7.51. The van der Waals surface area contributed by atoms with E-state index in [4.69, 9.17) is 25.3 Å². The van der Waals surface area contributed by atoms with Crippen LogP contribution in [0.3, 0.4) is 0 Å². The molecule has 4 rings (SSSR count). The molecule has 0 saturated carbocycles. The number of rotatable bonds is 9. The van der Waals surface area contributed by atoms with E-state index in [9.17, 15) is 18.0 Å². The number of nitrogens with zero attached hydrogens (tertiary/aromatic N) is 1. The third-order valence-electron chi connectivity index (χ3n) is 5.07. The largest absolute Gasteiger partial charge is 0.493 e. The molecule has 3 aromatic carbocycles. The van der Waals surface area contributed by atoms with E-state index < -0.39 is 21.3 Å². The van der Waals surface area contributed by atoms with Crippen molar-refractivity contribution in [1.82, 2.24) is 4.90 Å². The molecule has 8 nitrogen and oxygen atoms in total. The Balaban J connectivity index is 1.42. The summed E-state index contributed by atoms with van der Waals surface area (Å²) in [6.45, 7) is 0.171. The molecule has 1 aliphatic heterocycles. The monoisotopic (exact) mass is 623 g/mol. The van der Waals surface area contributed by atoms with E-state index in [0.29, 0.717) is 26.6 Å². The van der Waals surface area contributed by atoms with Gasteiger partial charge in [-0.2, -0.15) is 8.42 Å². The first-order chi connectivity index (χ1) is 17.7. The van der Waals surface area contributed by atoms with Crippen LogP contribution in [-0.2, 0) is 14.9 Å². The van der Waals surface area contributed by atoms with Crippen molar-refractivity contribution < 1.29 is 31.7 Å². The van der Waals surface area contributed by atoms with Gasteiger partial charge in [0.25, 0.3) is 11.1 Å². The fourth-order valence-electron chi connectivity index (χ4n) is 3.27. The number of para-hydroxylation sites is 2. The molecule has 192 valence electrons. The van der Waals surface area contributed by atoms with E-state index in [1.165, 1.54) is 37.4 Å². The summed E-state index contributed by atoms with van der Waals surface area (Å²) in [5, 5.41) is -0.00852. The van der Waals surface area contributed by atoms with Gasteiger partial charge in [0.2, 0.25) is 0 Å². The lowest BCUT2D eigenvalue weighted by atomic mass is 10.2. The van der Waals surface area contributed by atoms with Crippen LogP contribution >= 0.6 is 39.3 Å². The lowest BCUT2D eigenvalue weighted by Gasteiger charge is -2.14. The van der Waals surface area contributed by atoms with Crippen molar-refractivity contribution in [2.75, 3.05) is 20.3 Å². The van der Waals surface area contributed by atoms with E-state index >= 15 is 0 Å². The van der Waals surface area contributed by atoms with Crippen LogP contribution in [0.15, 0.2) is 81.0 Å². The summed E-state index contributed by atoms with van der Waals surface area (Å²) in [7, 11) is -2.55. The van der Waals surface area contributed by atoms with E-state index in [1.807, 2.05) is 6.07 Å². The highest BCUT2D eigenvalue weighted by Crippen LogP contribution is 2.35. The van der Waals surface area contributed by atoms with Gasteiger partial charge in [-0.1, -0.05) is 29.8 Å². The number of halogens is 2. The van der Waals surface area contributed by atoms with Gasteiger partial charge in [-0.25, -0.2) is 0 Å². The second-order valence-corrected chi connectivity index (χ2v) is 11.3. The zero-order chi connectivity index (χ0) is 26.6. The topological polar surface area (TPSA) is 99.2 Å². The smallest absolute Gasteiger partial charge is 0.339 e. The number of ether oxygens (including phenoxy) is 2. The normalized spacial score (nSPS) is 14.8. The second kappa shape index (κ2) is 11.6. The summed E-state index contributed by atoms with van der Waals surface area (Å²) in [6, 6.07) is 17.3. The van der Waals surface area contributed by atoms with Gasteiger partial charge < -0.3 is 13.7 Å². The van der Waals surface area contributed by atoms with Crippen molar-refractivity contribution in [2.45, 2.75) is 4.90 Å². The Bertz CT molecular complexity index is 1480. The van der Waals surface area contributed by atoms with Gasteiger partial charge in [-0.3, -0.25) is 14.5 Å². The first kappa shape index (κ1) is 27.1. The molecule has 12 heteroatoms. The number of carbonyl (C=O) groups excluding carboxylic acids is 2. The Kier molecular flexibility index (Phi) is 8.48. The molecule has 2 amide bonds. The molecular weight excluding hydrogens is 606 g/mol. The molecule has 0 aromatic heterocycles. The van der Waals surface area contributed by atoms with E-state index in [2.05, 4.69) is 15.9 Å². The predicted molar refractivity (Wildman–Crippen MR) is 145 cm³/mol. The van der Waals surface area contributed by atoms with Crippen LogP contribution in [0, 0.1) is 0 Å². The molecule has 1 fully saturated rings. The lowest BCUT2D eigenvalue weighted by Crippen LogP contribution is -2.32. The Morgan fingerprint density at radius 2 is 1.70 bits per heavy atom. The summed E-state index contributed by atoms with van der Waals surface area (Å²) < 4.78 is 41.6. The van der Waals surface area contributed by atoms with Crippen LogP contribution in [0.1, 0.15) is 5.56 Å². The predicted octanol–water partition coefficient (Wildman–Crippen LogP) is 5.99. The molecule has 0 aliphatic carbocycles. The summed E-state index contributed by atoms with van der Waals surface area (Å²) in [5.74, 6) is 0.683. The van der Waals surface area contributed by atoms with E-state index in [1.54, 1.807) is 36.4 Å². The molecule has 0 atom stereocenters. The molecular formula is C25H19BrClNO7S2. The minimum absolute atomic E-state index is 0.0451. The molecule has 37 heavy (non-hydrogen) atoms. The van der Waals surface area contributed by atoms with Crippen molar-refractivity contribution in [2.24, 2.45) is 0 Å². The summed E-state index contributed by atoms with van der Waals surface area (Å²) in [6.07, 6.45) is 1.55. The third-order valence-corrected chi connectivity index (χ3v) is 8.10. The average Bonchev–Trinajstić information content (AvgIpc) is 3.13. The standard InChI is InChI=1S/C25H19BrClNO7S2/c1-33-21-4-2-3-5-22(21)34-13-12-28-24(29)23(36-25(28)30)15-16-6-11-20(19(26)14-16)35-37(31,32)18-9-7-17(27)8-10-18/h2-11,14-15H,12-13H2,1H3/b23-15-. The molecule has 1 aliphatic rings. The Labute approximate surface area is 231 Å². The maximum Gasteiger partial charge on any atom is 0.339 e. The van der Waals surface area contributed by atoms with Crippen LogP contribution in [0.4, 0.5) is 4.79 Å². The first-order valence-corrected chi connectivity index (χ1v) is 14.1. The van der Waals surface area contributed by atoms with E-state index in [-0.39, 0.29) is 28.7 Å². The van der Waals surface area contributed by atoms with Gasteiger partial charge in [0.05, 0.1) is 23.0 Å². The van der Waals surface area contributed by atoms with Crippen molar-refractivity contribution in [1.29, 1.82) is 0 Å². The number of hydrogen-bond acceptors (Lipinski definition) is 8. The van der Waals surface area contributed by atoms with Gasteiger partial charge in [0.1, 0.15) is 11.5 Å². The highest BCUT2D eigenvalue weighted by atomic mass is 79.9. The third kappa shape index (κ3) is 6.48. The van der Waals surface area contributed by atoms with Gasteiger partial charge in [0.15, 0.2) is 17.2 Å². The Hall–Kier alpha value is -2.99. The SMILES string of the molecule is COc1ccccc1OCCN1C(=O)S/C(=C\c2ccc(OS(=O)(=O)c3ccc(Cl)cc3)c(Br)c2)C1=O. The van der Waals surface area contributed by atoms with Gasteiger partial charge >= 0.3 is 10.1 Å². The molecule has 1 saturated heterocycles. The molecule has 0 unspecified atom stereocenters. The Morgan fingerprint density at radius 1 is 1.00 bits per heavy atom. The molecule has 0 radical (unpaired) electrons.